The van der Waals surface area contributed by atoms with Gasteiger partial charge in [0.1, 0.15) is 6.61 Å². The van der Waals surface area contributed by atoms with E-state index in [0.29, 0.717) is 6.61 Å². The molecule has 327 valence electrons. The van der Waals surface area contributed by atoms with Crippen LogP contribution in [0.4, 0.5) is 4.79 Å². The number of carbonyl (C=O) groups is 1. The summed E-state index contributed by atoms with van der Waals surface area (Å²) in [5.74, 6) is 0.155. The minimum Gasteiger partial charge on any atom is -0.462 e. The van der Waals surface area contributed by atoms with Crippen LogP contribution in [0.25, 0.3) is 11.1 Å². The largest absolute Gasteiger partial charge is 0.462 e. The first-order chi connectivity index (χ1) is 8.77. The summed E-state index contributed by atoms with van der Waals surface area (Å²) in [4.78, 5) is 11.0. The van der Waals surface area contributed by atoms with Crippen LogP contribution in [0.1, 0.15) is 17.0 Å². The number of benzene rings is 2. The van der Waals surface area contributed by atoms with Gasteiger partial charge in [-0.1, -0.05) is 48.5 Å². The summed E-state index contributed by atoms with van der Waals surface area (Å²) in [6.45, 7) is 0.399. The van der Waals surface area contributed by atoms with Crippen LogP contribution in [0, 0.1) is 0 Å². The van der Waals surface area contributed by atoms with Gasteiger partial charge in [0.05, 0.1) is 0 Å². The normalized spacial score (nSPS) is 2.40. The summed E-state index contributed by atoms with van der Waals surface area (Å²) in [5.41, 5.74) is 4.67. The van der Waals surface area contributed by atoms with Crippen molar-refractivity contribution in [2.45, 2.75) is 5.92 Å². The van der Waals surface area contributed by atoms with Gasteiger partial charge >= 0.3 is 5.71 Å². The van der Waals surface area contributed by atoms with Crippen LogP contribution in [-0.2, 0) is 2590 Å². The van der Waals surface area contributed by atoms with Crippen LogP contribution < -0.4 is 0 Å². The first-order valence-electron chi connectivity index (χ1n) is 5.88. The summed E-state index contributed by atoms with van der Waals surface area (Å²) >= 11 is 0. The smallest absolute Gasteiger partial charge is 0.319 e. The van der Waals surface area contributed by atoms with Crippen molar-refractivity contribution in [2.24, 2.45) is 0 Å². The van der Waals surface area contributed by atoms with E-state index in [0.717, 1.165) is 0 Å². The average Bonchev–Trinajstić information content (AvgIpc) is 2.71. The van der Waals surface area contributed by atoms with E-state index >= 15 is 0 Å². The summed E-state index contributed by atoms with van der Waals surface area (Å²) in [5, 5.41) is 0. The summed E-state index contributed by atoms with van der Waals surface area (Å²) in [6.07, 6.45) is 0. The van der Waals surface area contributed by atoms with Crippen molar-refractivity contribution in [3.8, 4) is 11.1 Å². The predicted octanol–water partition coefficient (Wildman–Crippen LogP) is 3.61. The third-order valence-electron chi connectivity index (χ3n) is 3.35. The topological polar surface area (TPSA) is 26.3 Å². The molecule has 97 heavy (non-hydrogen) atoms. The van der Waals surface area contributed by atoms with E-state index in [9.17, 15) is 4.79 Å². The molecule has 0 bridgehead atoms. The zero-order valence-electron chi connectivity index (χ0n) is 55.4. The van der Waals surface area contributed by atoms with Crippen LogP contribution in [0.15, 0.2) is 48.5 Å². The average molecular weight is 7280 g/mol. The zero-order valence-corrected chi connectivity index (χ0v) is 281. The molecule has 2 aromatic carbocycles. The molecule has 1 unspecified atom stereocenters. The van der Waals surface area contributed by atoms with Gasteiger partial charge in [-0.15, -0.1) is 0 Å². The Morgan fingerprint density at radius 3 is 0.381 bits per heavy atom. The van der Waals surface area contributed by atoms with Crippen LogP contribution in [0.3, 0.4) is 0 Å². The van der Waals surface area contributed by atoms with Gasteiger partial charge in [0.2, 0.25) is 0 Å². The van der Waals surface area contributed by atoms with Crippen LogP contribution in [0.5, 0.6) is 0 Å². The molecule has 82 heteroatoms. The molecule has 0 aromatic heterocycles. The third kappa shape index (κ3) is 377. The summed E-state index contributed by atoms with van der Waals surface area (Å²) in [6, 6.07) is 16.6. The number of ether oxygens (including phenoxy) is 1. The molecule has 0 spiro atoms. The molecule has 2 nitrogen and oxygen atoms in total. The summed E-state index contributed by atoms with van der Waals surface area (Å²) in [7, 11) is 2.05. The first-order valence-corrected chi connectivity index (χ1v) is 6.45. The van der Waals surface area contributed by atoms with Gasteiger partial charge in [-0.2, -0.15) is 0 Å². The second-order valence-electron chi connectivity index (χ2n) is 4.36. The molecule has 1 atom stereocenters. The van der Waals surface area contributed by atoms with E-state index in [4.69, 9.17) is 4.74 Å². The molecule has 0 amide bonds. The van der Waals surface area contributed by atoms with Crippen molar-refractivity contribution < 1.29 is 2590 Å². The predicted molar refractivity (Wildman–Crippen MR) is 74.8 cm³/mol. The Kier molecular flexibility index (Phi) is 2560. The van der Waals surface area contributed by atoms with Crippen LogP contribution in [0.2, 0.25) is 0 Å². The second-order valence-corrected chi connectivity index (χ2v) is 4.83. The Morgan fingerprint density at radius 2 is 0.289 bits per heavy atom. The molecule has 1 aliphatic rings. The maximum absolute atomic E-state index is 11.0. The van der Waals surface area contributed by atoms with Crippen molar-refractivity contribution in [3.05, 3.63) is 59.7 Å². The maximum Gasteiger partial charge on any atom is 0.319 e. The number of hydrogen-bond donors (Lipinski definition) is 0. The van der Waals surface area contributed by atoms with Crippen molar-refractivity contribution in [3.63, 3.8) is 0 Å². The van der Waals surface area contributed by atoms with Crippen LogP contribution >= 0.6 is 9.24 Å². The minimum atomic E-state index is -0.308. The molecule has 0 heterocycles. The molecule has 0 aliphatic heterocycles. The second kappa shape index (κ2) is 459. The van der Waals surface area contributed by atoms with Crippen LogP contribution in [-0.4, -0.2) is 12.3 Å². The molecule has 79 radical (unpaired) electrons. The van der Waals surface area contributed by atoms with Crippen molar-refractivity contribution in [1.82, 2.24) is 0 Å². The van der Waals surface area contributed by atoms with Crippen molar-refractivity contribution in [1.29, 1.82) is 0 Å². The summed E-state index contributed by atoms with van der Waals surface area (Å²) < 4.78 is 5.16. The van der Waals surface area contributed by atoms with Gasteiger partial charge in [0, 0.05) is 2590 Å². The number of rotatable bonds is 2. The van der Waals surface area contributed by atoms with Gasteiger partial charge in [-0.3, -0.25) is 0 Å². The molecule has 0 saturated carbocycles. The van der Waals surface area contributed by atoms with Gasteiger partial charge in [0.15, 0.2) is 0 Å². The molecule has 2 aromatic rings. The fraction of sp³-hybridized carbons (Fsp3) is 0.133. The molecular formula is C15H13O2PY79. The molecular weight excluding hydrogens is 7270 g/mol. The van der Waals surface area contributed by atoms with E-state index in [1.54, 1.807) is 0 Å². The monoisotopic (exact) mass is 7280 g/mol. The Bertz CT molecular complexity index is 629. The minimum absolute atomic E-state index is 0. The van der Waals surface area contributed by atoms with E-state index in [1.807, 2.05) is 24.3 Å². The van der Waals surface area contributed by atoms with E-state index in [2.05, 4.69) is 33.5 Å². The SMILES string of the molecule is O=C(P)OCC1c2ccccc2-c2ccccc21.[Y].[Y].[Y].[Y].[Y].[Y].[Y].[Y].[Y].[Y].[Y].[Y].[Y].[Y].[Y].[Y].[Y].[Y].[Y].[Y].[Y].[Y].[Y].[Y].[Y].[Y].[Y].[Y].[Y].[Y].[Y].[Y].[Y].[Y].[Y].[Y].[Y].[Y].[Y].[Y].[Y].[Y].[Y].[Y].[Y].[Y].[Y].[Y].[Y].[Y].[Y].[Y].[Y].[Y].[Y].[Y].[Y].[Y].[Y].[Y].[Y].[Y].[Y].[Y].[Y].[Y].[Y].[Y].[Y].[Y].[Y].[Y].[Y].[Y].[Y].[Y].[Y].[Y].[Y]. The number of carbonyl (C=O) groups excluding carboxylic acids is 1. The van der Waals surface area contributed by atoms with Gasteiger partial charge < -0.3 is 4.74 Å². The standard InChI is InChI=1S/C15H13O2P.79Y/c16-15(18)17-9-14-12-7-3-1-5-10(12)11-6-2-4-8-13(11)14;;;;;;;;;;;;;;;;;;;;;;;;;;;;;;;;;;;;;;;;;;;;;;;;;;;;;;;;;;;;;;;;;;;;;;;;;;;;;;;/h1-8,14H,9,18H2;;;;;;;;;;;;;;;;;;;;;;;;;;;;;;;;;;;;;;;;;;;;;;;;;;;;;;;;;;;;;;;;;;;;;;;;;;;;;;;. The Labute approximate surface area is 2590 Å². The Morgan fingerprint density at radius 1 is 0.196 bits per heavy atom. The van der Waals surface area contributed by atoms with E-state index in [-0.39, 0.29) is 2600 Å². The quantitative estimate of drug-likeness (QED) is 0.431. The van der Waals surface area contributed by atoms with Gasteiger partial charge in [0.25, 0.3) is 0 Å². The maximum atomic E-state index is 11.0. The third-order valence-corrected chi connectivity index (χ3v) is 3.52. The molecule has 1 aliphatic carbocycles. The van der Waals surface area contributed by atoms with E-state index < -0.39 is 0 Å². The number of fused-ring (bicyclic) bond motifs is 3. The van der Waals surface area contributed by atoms with Gasteiger partial charge in [-0.25, -0.2) is 4.79 Å². The number of hydrogen-bond acceptors (Lipinski definition) is 2. The molecule has 0 N–H and O–H groups in total. The fourth-order valence-electron chi connectivity index (χ4n) is 2.60. The zero-order chi connectivity index (χ0) is 12.5. The molecule has 3 rings (SSSR count). The Balaban J connectivity index is -0.000000000675. The van der Waals surface area contributed by atoms with E-state index in [1.165, 1.54) is 22.3 Å². The van der Waals surface area contributed by atoms with Gasteiger partial charge in [-0.05, 0) is 31.5 Å². The Hall–Kier alpha value is 85.5. The molecule has 0 fully saturated rings. The fourth-order valence-corrected chi connectivity index (χ4v) is 2.70. The van der Waals surface area contributed by atoms with Crippen molar-refractivity contribution >= 4 is 15.0 Å². The molecule has 0 saturated heterocycles. The first kappa shape index (κ1) is 540. The van der Waals surface area contributed by atoms with Crippen molar-refractivity contribution in [2.75, 3.05) is 6.61 Å².